The van der Waals surface area contributed by atoms with Gasteiger partial charge in [0.05, 0.1) is 12.0 Å². The second-order valence-electron chi connectivity index (χ2n) is 4.21. The summed E-state index contributed by atoms with van der Waals surface area (Å²) in [5.41, 5.74) is 16.6. The van der Waals surface area contributed by atoms with E-state index in [2.05, 4.69) is 20.2 Å². The molecule has 0 spiro atoms. The predicted octanol–water partition coefficient (Wildman–Crippen LogP) is 0.894. The highest BCUT2D eigenvalue weighted by Crippen LogP contribution is 2.34. The number of benzene rings is 1. The lowest BCUT2D eigenvalue weighted by Gasteiger charge is -2.06. The van der Waals surface area contributed by atoms with Crippen LogP contribution in [0.2, 0.25) is 0 Å². The second-order valence-corrected chi connectivity index (χ2v) is 5.63. The Labute approximate surface area is 131 Å². The summed E-state index contributed by atoms with van der Waals surface area (Å²) in [7, 11) is -3.05. The summed E-state index contributed by atoms with van der Waals surface area (Å²) in [5.74, 6) is -0.0909. The largest absolute Gasteiger partial charge is 0.494 e. The molecule has 1 heterocycles. The molecule has 1 aromatic heterocycles. The molecule has 1 aromatic carbocycles. The fraction of sp³-hybridized carbons (Fsp3) is 0.0909. The van der Waals surface area contributed by atoms with E-state index in [0.717, 1.165) is 12.1 Å². The van der Waals surface area contributed by atoms with Crippen LogP contribution >= 0.6 is 0 Å². The number of nitrogens with two attached hydrogens (primary N) is 3. The van der Waals surface area contributed by atoms with E-state index in [1.165, 1.54) is 13.2 Å². The standard InChI is InChI=1S/C11H13N7O4S/c1-22-7-3-2-5(23(19,20)21)4-6(7)17-18-8-9(12)15-11(14)16-10(8)13/h2-4H,1H3,(H,19,20,21)(H6,12,13,14,15,16). The van der Waals surface area contributed by atoms with Crippen molar-refractivity contribution in [2.75, 3.05) is 24.3 Å². The quantitative estimate of drug-likeness (QED) is 0.462. The summed E-state index contributed by atoms with van der Waals surface area (Å²) in [4.78, 5) is 7.01. The highest BCUT2D eigenvalue weighted by atomic mass is 32.2. The number of nitrogens with zero attached hydrogens (tertiary/aromatic N) is 4. The maximum absolute atomic E-state index is 11.2. The molecule has 0 aliphatic rings. The van der Waals surface area contributed by atoms with Gasteiger partial charge in [-0.25, -0.2) is 0 Å². The summed E-state index contributed by atoms with van der Waals surface area (Å²) < 4.78 is 36.4. The number of rotatable bonds is 4. The Balaban J connectivity index is 2.51. The van der Waals surface area contributed by atoms with E-state index in [9.17, 15) is 8.42 Å². The van der Waals surface area contributed by atoms with E-state index >= 15 is 0 Å². The highest BCUT2D eigenvalue weighted by molar-refractivity contribution is 7.85. The van der Waals surface area contributed by atoms with Crippen molar-refractivity contribution in [3.05, 3.63) is 18.2 Å². The molecule has 2 aromatic rings. The third-order valence-corrected chi connectivity index (χ3v) is 3.51. The third-order valence-electron chi connectivity index (χ3n) is 2.66. The molecule has 11 nitrogen and oxygen atoms in total. The maximum atomic E-state index is 11.2. The first kappa shape index (κ1) is 16.4. The highest BCUT2D eigenvalue weighted by Gasteiger charge is 2.14. The number of hydrogen-bond donors (Lipinski definition) is 4. The van der Waals surface area contributed by atoms with Crippen LogP contribution in [0.5, 0.6) is 5.75 Å². The molecule has 0 aliphatic heterocycles. The van der Waals surface area contributed by atoms with Gasteiger partial charge in [-0.15, -0.1) is 10.2 Å². The van der Waals surface area contributed by atoms with Gasteiger partial charge in [-0.2, -0.15) is 18.4 Å². The zero-order chi connectivity index (χ0) is 17.2. The first-order valence-corrected chi connectivity index (χ1v) is 7.42. The van der Waals surface area contributed by atoms with Crippen molar-refractivity contribution in [2.45, 2.75) is 4.90 Å². The average molecular weight is 339 g/mol. The van der Waals surface area contributed by atoms with Gasteiger partial charge >= 0.3 is 0 Å². The minimum absolute atomic E-state index is 0.0262. The molecular formula is C11H13N7O4S. The molecule has 2 rings (SSSR count). The molecule has 7 N–H and O–H groups in total. The topological polar surface area (TPSA) is 192 Å². The van der Waals surface area contributed by atoms with Crippen molar-refractivity contribution < 1.29 is 17.7 Å². The molecular weight excluding hydrogens is 326 g/mol. The Kier molecular flexibility index (Phi) is 4.29. The average Bonchev–Trinajstić information content (AvgIpc) is 2.44. The third kappa shape index (κ3) is 3.61. The molecule has 0 aliphatic carbocycles. The number of ether oxygens (including phenoxy) is 1. The summed E-state index contributed by atoms with van der Waals surface area (Å²) >= 11 is 0. The van der Waals surface area contributed by atoms with Crippen LogP contribution in [0, 0.1) is 0 Å². The van der Waals surface area contributed by atoms with Crippen molar-refractivity contribution in [3.63, 3.8) is 0 Å². The minimum atomic E-state index is -4.40. The molecule has 12 heteroatoms. The van der Waals surface area contributed by atoms with E-state index in [1.807, 2.05) is 0 Å². The second kappa shape index (κ2) is 6.02. The van der Waals surface area contributed by atoms with Crippen molar-refractivity contribution in [1.29, 1.82) is 0 Å². The van der Waals surface area contributed by atoms with Crippen LogP contribution in [0.1, 0.15) is 0 Å². The van der Waals surface area contributed by atoms with Crippen LogP contribution < -0.4 is 21.9 Å². The molecule has 23 heavy (non-hydrogen) atoms. The Bertz CT molecular complexity index is 859. The predicted molar refractivity (Wildman–Crippen MR) is 82.3 cm³/mol. The van der Waals surface area contributed by atoms with Crippen molar-refractivity contribution >= 4 is 39.1 Å². The van der Waals surface area contributed by atoms with Crippen LogP contribution in [0.3, 0.4) is 0 Å². The number of anilines is 3. The summed E-state index contributed by atoms with van der Waals surface area (Å²) in [6.07, 6.45) is 0. The molecule has 0 bridgehead atoms. The van der Waals surface area contributed by atoms with Crippen LogP contribution in [0.25, 0.3) is 0 Å². The number of hydrogen-bond acceptors (Lipinski definition) is 10. The van der Waals surface area contributed by atoms with Crippen LogP contribution in [0.4, 0.5) is 29.0 Å². The molecule has 0 atom stereocenters. The Morgan fingerprint density at radius 3 is 2.26 bits per heavy atom. The number of aromatic nitrogens is 2. The normalized spacial score (nSPS) is 11.7. The first-order chi connectivity index (χ1) is 10.7. The molecule has 0 saturated carbocycles. The Morgan fingerprint density at radius 1 is 1.13 bits per heavy atom. The van der Waals surface area contributed by atoms with Gasteiger partial charge in [0.1, 0.15) is 11.4 Å². The van der Waals surface area contributed by atoms with Crippen molar-refractivity contribution in [2.24, 2.45) is 10.2 Å². The van der Waals surface area contributed by atoms with Crippen LogP contribution in [-0.2, 0) is 10.1 Å². The monoisotopic (exact) mass is 339 g/mol. The fourth-order valence-electron chi connectivity index (χ4n) is 1.62. The van der Waals surface area contributed by atoms with E-state index in [-0.39, 0.29) is 39.6 Å². The Morgan fingerprint density at radius 2 is 1.74 bits per heavy atom. The zero-order valence-corrected chi connectivity index (χ0v) is 12.6. The van der Waals surface area contributed by atoms with Gasteiger partial charge in [-0.1, -0.05) is 0 Å². The molecule has 0 saturated heterocycles. The number of nitrogen functional groups attached to an aromatic ring is 3. The minimum Gasteiger partial charge on any atom is -0.494 e. The first-order valence-electron chi connectivity index (χ1n) is 5.98. The fourth-order valence-corrected chi connectivity index (χ4v) is 2.12. The Hall–Kier alpha value is -2.99. The van der Waals surface area contributed by atoms with Crippen LogP contribution in [0.15, 0.2) is 33.3 Å². The lowest BCUT2D eigenvalue weighted by molar-refractivity contribution is 0.415. The smallest absolute Gasteiger partial charge is 0.294 e. The van der Waals surface area contributed by atoms with Gasteiger partial charge < -0.3 is 21.9 Å². The van der Waals surface area contributed by atoms with Crippen molar-refractivity contribution in [1.82, 2.24) is 9.97 Å². The van der Waals surface area contributed by atoms with Gasteiger partial charge in [0, 0.05) is 0 Å². The molecule has 122 valence electrons. The molecule has 0 fully saturated rings. The zero-order valence-electron chi connectivity index (χ0n) is 11.8. The number of methoxy groups -OCH3 is 1. The van der Waals surface area contributed by atoms with Gasteiger partial charge in [0.25, 0.3) is 10.1 Å². The van der Waals surface area contributed by atoms with E-state index in [4.69, 9.17) is 26.5 Å². The lowest BCUT2D eigenvalue weighted by Crippen LogP contribution is -2.03. The lowest BCUT2D eigenvalue weighted by atomic mass is 10.3. The van der Waals surface area contributed by atoms with Gasteiger partial charge in [-0.05, 0) is 18.2 Å². The molecule has 0 radical (unpaired) electrons. The summed E-state index contributed by atoms with van der Waals surface area (Å²) in [5, 5.41) is 7.60. The van der Waals surface area contributed by atoms with Gasteiger partial charge in [0.2, 0.25) is 5.95 Å². The SMILES string of the molecule is COc1ccc(S(=O)(=O)O)cc1N=Nc1c(N)nc(N)nc1N. The number of azo groups is 1. The maximum Gasteiger partial charge on any atom is 0.294 e. The van der Waals surface area contributed by atoms with E-state index in [1.54, 1.807) is 0 Å². The van der Waals surface area contributed by atoms with Crippen molar-refractivity contribution in [3.8, 4) is 5.75 Å². The summed E-state index contributed by atoms with van der Waals surface area (Å²) in [6, 6.07) is 3.54. The van der Waals surface area contributed by atoms with E-state index in [0.29, 0.717) is 0 Å². The molecule has 0 unspecified atom stereocenters. The molecule has 0 amide bonds. The van der Waals surface area contributed by atoms with E-state index < -0.39 is 10.1 Å². The van der Waals surface area contributed by atoms with Crippen LogP contribution in [-0.4, -0.2) is 30.0 Å². The summed E-state index contributed by atoms with van der Waals surface area (Å²) in [6.45, 7) is 0. The van der Waals surface area contributed by atoms with Gasteiger partial charge in [-0.3, -0.25) is 4.55 Å². The van der Waals surface area contributed by atoms with Gasteiger partial charge in [0.15, 0.2) is 17.3 Å².